The highest BCUT2D eigenvalue weighted by atomic mass is 19.4. The number of nitrogens with zero attached hydrogens (tertiary/aromatic N) is 3. The first-order chi connectivity index (χ1) is 14.3. The third kappa shape index (κ3) is 4.14. The zero-order valence-corrected chi connectivity index (χ0v) is 15.8. The van der Waals surface area contributed by atoms with Crippen molar-refractivity contribution in [2.45, 2.75) is 31.5 Å². The van der Waals surface area contributed by atoms with Gasteiger partial charge in [-0.05, 0) is 36.2 Å². The van der Waals surface area contributed by atoms with Crippen LogP contribution in [0, 0.1) is 0 Å². The maximum atomic E-state index is 12.9. The Hall–Kier alpha value is -3.36. The van der Waals surface area contributed by atoms with E-state index in [1.807, 2.05) is 29.2 Å². The van der Waals surface area contributed by atoms with E-state index in [9.17, 15) is 18.0 Å². The lowest BCUT2D eigenvalue weighted by Gasteiger charge is -2.17. The zero-order valence-electron chi connectivity index (χ0n) is 15.8. The molecule has 0 amide bonds. The molecule has 156 valence electrons. The summed E-state index contributed by atoms with van der Waals surface area (Å²) < 4.78 is 44.0. The van der Waals surface area contributed by atoms with Crippen LogP contribution in [0.4, 0.5) is 18.9 Å². The molecule has 1 aromatic heterocycles. The van der Waals surface area contributed by atoms with Crippen LogP contribution in [0.3, 0.4) is 0 Å². The van der Waals surface area contributed by atoms with Gasteiger partial charge in [-0.25, -0.2) is 0 Å². The van der Waals surface area contributed by atoms with Gasteiger partial charge in [-0.3, -0.25) is 4.79 Å². The first-order valence-corrected chi connectivity index (χ1v) is 9.37. The molecule has 3 aromatic rings. The van der Waals surface area contributed by atoms with E-state index in [0.29, 0.717) is 25.3 Å². The quantitative estimate of drug-likeness (QED) is 0.625. The minimum Gasteiger partial charge on any atom is -0.481 e. The van der Waals surface area contributed by atoms with Gasteiger partial charge >= 0.3 is 12.1 Å². The average molecular weight is 417 g/mol. The number of para-hydroxylation sites is 1. The van der Waals surface area contributed by atoms with Crippen molar-refractivity contribution in [2.75, 3.05) is 11.4 Å². The summed E-state index contributed by atoms with van der Waals surface area (Å²) in [6, 6.07) is 12.5. The number of fused-ring (bicyclic) bond motifs is 1. The number of carbonyl (C=O) groups is 1. The molecule has 0 saturated heterocycles. The van der Waals surface area contributed by atoms with Crippen LogP contribution in [0.1, 0.15) is 35.7 Å². The molecule has 4 rings (SSSR count). The summed E-state index contributed by atoms with van der Waals surface area (Å²) in [6.07, 6.45) is -3.86. The van der Waals surface area contributed by atoms with Gasteiger partial charge in [0.1, 0.15) is 0 Å². The van der Waals surface area contributed by atoms with E-state index in [-0.39, 0.29) is 23.8 Å². The van der Waals surface area contributed by atoms with Crippen molar-refractivity contribution < 1.29 is 27.6 Å². The number of benzene rings is 2. The zero-order chi connectivity index (χ0) is 21.3. The molecule has 0 spiro atoms. The van der Waals surface area contributed by atoms with Crippen LogP contribution in [-0.2, 0) is 17.5 Å². The largest absolute Gasteiger partial charge is 0.481 e. The number of hydrogen-bond donors (Lipinski definition) is 1. The molecule has 1 N–H and O–H groups in total. The monoisotopic (exact) mass is 417 g/mol. The lowest BCUT2D eigenvalue weighted by atomic mass is 9.96. The van der Waals surface area contributed by atoms with Crippen molar-refractivity contribution in [1.82, 2.24) is 10.1 Å². The van der Waals surface area contributed by atoms with Crippen molar-refractivity contribution in [2.24, 2.45) is 0 Å². The van der Waals surface area contributed by atoms with E-state index in [1.54, 1.807) is 0 Å². The lowest BCUT2D eigenvalue weighted by Crippen LogP contribution is -2.22. The topological polar surface area (TPSA) is 79.5 Å². The van der Waals surface area contributed by atoms with Crippen LogP contribution in [0.15, 0.2) is 53.1 Å². The van der Waals surface area contributed by atoms with Crippen LogP contribution < -0.4 is 4.90 Å². The van der Waals surface area contributed by atoms with E-state index in [1.165, 1.54) is 12.1 Å². The lowest BCUT2D eigenvalue weighted by molar-refractivity contribution is -0.138. The SMILES string of the molecule is O=C(O)CCC1CN(Cc2noc(-c3cccc(C(F)(F)F)c3)n2)c2ccccc21. The van der Waals surface area contributed by atoms with Crippen LogP contribution in [0.25, 0.3) is 11.5 Å². The van der Waals surface area contributed by atoms with E-state index >= 15 is 0 Å². The Morgan fingerprint density at radius 1 is 1.20 bits per heavy atom. The second-order valence-corrected chi connectivity index (χ2v) is 7.16. The smallest absolute Gasteiger partial charge is 0.416 e. The van der Waals surface area contributed by atoms with Crippen LogP contribution in [0.2, 0.25) is 0 Å². The maximum Gasteiger partial charge on any atom is 0.416 e. The Kier molecular flexibility index (Phi) is 5.19. The molecule has 0 saturated carbocycles. The number of carboxylic acids is 1. The Balaban J connectivity index is 1.52. The number of alkyl halides is 3. The molecule has 2 heterocycles. The minimum absolute atomic E-state index is 0.0195. The van der Waals surface area contributed by atoms with Gasteiger partial charge in [-0.1, -0.05) is 29.4 Å². The average Bonchev–Trinajstić information content (AvgIpc) is 3.31. The van der Waals surface area contributed by atoms with Crippen molar-refractivity contribution in [3.05, 3.63) is 65.5 Å². The van der Waals surface area contributed by atoms with Gasteiger partial charge in [-0.15, -0.1) is 0 Å². The van der Waals surface area contributed by atoms with Gasteiger partial charge < -0.3 is 14.5 Å². The number of carboxylic acid groups (broad SMARTS) is 1. The summed E-state index contributed by atoms with van der Waals surface area (Å²) >= 11 is 0. The molecule has 0 aliphatic carbocycles. The summed E-state index contributed by atoms with van der Waals surface area (Å²) in [5.74, 6) is -0.399. The molecule has 9 heteroatoms. The van der Waals surface area contributed by atoms with Crippen molar-refractivity contribution in [3.63, 3.8) is 0 Å². The summed E-state index contributed by atoms with van der Waals surface area (Å²) in [5.41, 5.74) is 1.46. The maximum absolute atomic E-state index is 12.9. The molecular formula is C21H18F3N3O3. The van der Waals surface area contributed by atoms with Gasteiger partial charge in [0.05, 0.1) is 12.1 Å². The van der Waals surface area contributed by atoms with Crippen LogP contribution in [-0.4, -0.2) is 27.8 Å². The molecule has 1 aliphatic rings. The third-order valence-corrected chi connectivity index (χ3v) is 5.10. The molecule has 30 heavy (non-hydrogen) atoms. The molecule has 0 bridgehead atoms. The standard InChI is InChI=1S/C21H18F3N3O3/c22-21(23,24)15-5-3-4-13(10-15)20-25-18(26-30-20)12-27-11-14(8-9-19(28)29)16-6-1-2-7-17(16)27/h1-7,10,14H,8-9,11-12H2,(H,28,29). The van der Waals surface area contributed by atoms with Gasteiger partial charge in [0.25, 0.3) is 5.89 Å². The van der Waals surface area contributed by atoms with Crippen LogP contribution in [0.5, 0.6) is 0 Å². The summed E-state index contributed by atoms with van der Waals surface area (Å²) in [6.45, 7) is 0.920. The summed E-state index contributed by atoms with van der Waals surface area (Å²) in [5, 5.41) is 12.9. The summed E-state index contributed by atoms with van der Waals surface area (Å²) in [7, 11) is 0. The van der Waals surface area contributed by atoms with E-state index in [4.69, 9.17) is 9.63 Å². The van der Waals surface area contributed by atoms with Crippen LogP contribution >= 0.6 is 0 Å². The van der Waals surface area contributed by atoms with Gasteiger partial charge in [0.2, 0.25) is 0 Å². The highest BCUT2D eigenvalue weighted by molar-refractivity contribution is 5.67. The number of rotatable bonds is 6. The fourth-order valence-corrected chi connectivity index (χ4v) is 3.71. The number of anilines is 1. The second kappa shape index (κ2) is 7.81. The number of aliphatic carboxylic acids is 1. The highest BCUT2D eigenvalue weighted by Gasteiger charge is 2.31. The van der Waals surface area contributed by atoms with E-state index < -0.39 is 17.7 Å². The first-order valence-electron chi connectivity index (χ1n) is 9.37. The fraction of sp³-hybridized carbons (Fsp3) is 0.286. The molecule has 1 aliphatic heterocycles. The molecule has 2 aromatic carbocycles. The Morgan fingerprint density at radius 3 is 2.77 bits per heavy atom. The Labute approximate surface area is 169 Å². The fourth-order valence-electron chi connectivity index (χ4n) is 3.71. The molecular weight excluding hydrogens is 399 g/mol. The Bertz CT molecular complexity index is 1060. The van der Waals surface area contributed by atoms with Crippen molar-refractivity contribution in [3.8, 4) is 11.5 Å². The normalized spacial score (nSPS) is 16.0. The Morgan fingerprint density at radius 2 is 2.00 bits per heavy atom. The number of aromatic nitrogens is 2. The molecule has 0 fully saturated rings. The molecule has 0 radical (unpaired) electrons. The highest BCUT2D eigenvalue weighted by Crippen LogP contribution is 2.39. The second-order valence-electron chi connectivity index (χ2n) is 7.16. The minimum atomic E-state index is -4.46. The van der Waals surface area contributed by atoms with E-state index in [2.05, 4.69) is 10.1 Å². The molecule has 1 unspecified atom stereocenters. The van der Waals surface area contributed by atoms with Crippen molar-refractivity contribution >= 4 is 11.7 Å². The number of halogens is 3. The van der Waals surface area contributed by atoms with Crippen molar-refractivity contribution in [1.29, 1.82) is 0 Å². The molecule has 1 atom stereocenters. The predicted octanol–water partition coefficient (Wildman–Crippen LogP) is 4.72. The van der Waals surface area contributed by atoms with Gasteiger partial charge in [0, 0.05) is 30.1 Å². The van der Waals surface area contributed by atoms with E-state index in [0.717, 1.165) is 23.4 Å². The van der Waals surface area contributed by atoms with Gasteiger partial charge in [-0.2, -0.15) is 18.2 Å². The third-order valence-electron chi connectivity index (χ3n) is 5.10. The first kappa shape index (κ1) is 19.9. The number of hydrogen-bond acceptors (Lipinski definition) is 5. The predicted molar refractivity (Wildman–Crippen MR) is 102 cm³/mol. The van der Waals surface area contributed by atoms with Gasteiger partial charge in [0.15, 0.2) is 5.82 Å². The summed E-state index contributed by atoms with van der Waals surface area (Å²) in [4.78, 5) is 17.2. The molecule has 6 nitrogen and oxygen atoms in total.